The predicted molar refractivity (Wildman–Crippen MR) is 172 cm³/mol. The molecule has 43 heavy (non-hydrogen) atoms. The number of nitrogens with one attached hydrogen (secondary N) is 1. The fraction of sp³-hybridized carbons (Fsp3) is 0.394. The largest absolute Gasteiger partial charge is 0.352 e. The van der Waals surface area contributed by atoms with Gasteiger partial charge in [-0.2, -0.15) is 12.7 Å². The Morgan fingerprint density at radius 2 is 1.58 bits per heavy atom. The van der Waals surface area contributed by atoms with Crippen LogP contribution in [0.5, 0.6) is 0 Å². The van der Waals surface area contributed by atoms with Crippen LogP contribution in [0.3, 0.4) is 0 Å². The van der Waals surface area contributed by atoms with Gasteiger partial charge >= 0.3 is 10.2 Å². The van der Waals surface area contributed by atoms with E-state index in [9.17, 15) is 18.0 Å². The summed E-state index contributed by atoms with van der Waals surface area (Å²) >= 11 is 6.15. The van der Waals surface area contributed by atoms with E-state index in [2.05, 4.69) is 5.32 Å². The lowest BCUT2D eigenvalue weighted by Gasteiger charge is -2.35. The van der Waals surface area contributed by atoms with Gasteiger partial charge in [-0.3, -0.25) is 9.59 Å². The maximum atomic E-state index is 14.4. The van der Waals surface area contributed by atoms with E-state index in [1.807, 2.05) is 68.4 Å². The Morgan fingerprint density at radius 1 is 0.930 bits per heavy atom. The van der Waals surface area contributed by atoms with Crippen molar-refractivity contribution in [2.45, 2.75) is 64.6 Å². The highest BCUT2D eigenvalue weighted by Gasteiger charge is 2.36. The molecule has 1 N–H and O–H groups in total. The zero-order chi connectivity index (χ0) is 31.1. The zero-order valence-corrected chi connectivity index (χ0v) is 26.9. The summed E-state index contributed by atoms with van der Waals surface area (Å²) < 4.78 is 29.6. The minimum atomic E-state index is -4.06. The molecule has 0 heterocycles. The minimum absolute atomic E-state index is 0.0545. The summed E-state index contributed by atoms with van der Waals surface area (Å²) in [6.07, 6.45) is 4.18. The molecule has 0 aliphatic heterocycles. The Labute approximate surface area is 260 Å². The van der Waals surface area contributed by atoms with Gasteiger partial charge in [-0.25, -0.2) is 4.31 Å². The molecule has 0 saturated heterocycles. The van der Waals surface area contributed by atoms with Gasteiger partial charge in [0.1, 0.15) is 12.6 Å². The molecule has 0 radical (unpaired) electrons. The van der Waals surface area contributed by atoms with Crippen molar-refractivity contribution >= 4 is 39.3 Å². The molecule has 3 aromatic carbocycles. The van der Waals surface area contributed by atoms with Crippen molar-refractivity contribution in [2.75, 3.05) is 24.9 Å². The standard InChI is InChI=1S/C33H41ClN4O4S/c1-24-14-15-25(2)30(20-24)38(43(41,42)36(3)4)23-32(39)37(22-27-16-18-28(34)19-17-27)31(21-26-10-6-5-7-11-26)33(40)35-29-12-8-9-13-29/h5-7,10-11,14-20,29,31H,8-9,12-13,21-23H2,1-4H3,(H,35,40)/t31-/m0/s1. The number of amides is 2. The number of carbonyl (C=O) groups is 2. The van der Waals surface area contributed by atoms with Gasteiger partial charge in [0.15, 0.2) is 0 Å². The van der Waals surface area contributed by atoms with Crippen LogP contribution in [0, 0.1) is 13.8 Å². The summed E-state index contributed by atoms with van der Waals surface area (Å²) in [6, 6.07) is 21.4. The summed E-state index contributed by atoms with van der Waals surface area (Å²) in [7, 11) is -1.18. The van der Waals surface area contributed by atoms with Crippen molar-refractivity contribution in [1.29, 1.82) is 0 Å². The van der Waals surface area contributed by atoms with Crippen LogP contribution in [0.15, 0.2) is 72.8 Å². The van der Waals surface area contributed by atoms with Crippen LogP contribution >= 0.6 is 11.6 Å². The number of halogens is 1. The van der Waals surface area contributed by atoms with Crippen LogP contribution in [0.2, 0.25) is 5.02 Å². The lowest BCUT2D eigenvalue weighted by molar-refractivity contribution is -0.140. The third kappa shape index (κ3) is 8.37. The van der Waals surface area contributed by atoms with Crippen LogP contribution < -0.4 is 9.62 Å². The highest BCUT2D eigenvalue weighted by molar-refractivity contribution is 7.90. The first kappa shape index (κ1) is 32.5. The van der Waals surface area contributed by atoms with E-state index in [-0.39, 0.29) is 24.9 Å². The highest BCUT2D eigenvalue weighted by atomic mass is 35.5. The van der Waals surface area contributed by atoms with Crippen LogP contribution in [0.1, 0.15) is 47.9 Å². The van der Waals surface area contributed by atoms with E-state index in [4.69, 9.17) is 11.6 Å². The number of anilines is 1. The summed E-state index contributed by atoms with van der Waals surface area (Å²) in [6.45, 7) is 3.33. The van der Waals surface area contributed by atoms with Crippen LogP contribution in [-0.2, 0) is 32.8 Å². The van der Waals surface area contributed by atoms with E-state index in [1.165, 1.54) is 19.0 Å². The summed E-state index contributed by atoms with van der Waals surface area (Å²) in [5, 5.41) is 3.74. The van der Waals surface area contributed by atoms with Gasteiger partial charge in [0.25, 0.3) is 0 Å². The van der Waals surface area contributed by atoms with Crippen LogP contribution in [0.4, 0.5) is 5.69 Å². The third-order valence-corrected chi connectivity index (χ3v) is 9.95. The molecule has 1 aliphatic rings. The fourth-order valence-corrected chi connectivity index (χ4v) is 6.64. The quantitative estimate of drug-likeness (QED) is 0.297. The fourth-order valence-electron chi connectivity index (χ4n) is 5.40. The maximum absolute atomic E-state index is 14.4. The van der Waals surface area contributed by atoms with E-state index < -0.39 is 28.7 Å². The van der Waals surface area contributed by atoms with E-state index in [0.29, 0.717) is 16.3 Å². The van der Waals surface area contributed by atoms with Crippen molar-refractivity contribution < 1.29 is 18.0 Å². The minimum Gasteiger partial charge on any atom is -0.352 e. The van der Waals surface area contributed by atoms with Crippen molar-refractivity contribution in [3.8, 4) is 0 Å². The second-order valence-corrected chi connectivity index (χ2v) is 13.9. The van der Waals surface area contributed by atoms with Gasteiger partial charge in [0.05, 0.1) is 5.69 Å². The Kier molecular flexibility index (Phi) is 10.9. The number of aryl methyl sites for hydroxylation is 2. The number of hydrogen-bond donors (Lipinski definition) is 1. The van der Waals surface area contributed by atoms with Crippen molar-refractivity contribution in [1.82, 2.24) is 14.5 Å². The first-order valence-electron chi connectivity index (χ1n) is 14.6. The SMILES string of the molecule is Cc1ccc(C)c(N(CC(=O)N(Cc2ccc(Cl)cc2)[C@@H](Cc2ccccc2)C(=O)NC2CCCC2)S(=O)(=O)N(C)C)c1. The van der Waals surface area contributed by atoms with E-state index in [0.717, 1.165) is 51.0 Å². The Bertz CT molecular complexity index is 1510. The molecule has 4 rings (SSSR count). The van der Waals surface area contributed by atoms with Gasteiger partial charge in [-0.1, -0.05) is 79.0 Å². The summed E-state index contributed by atoms with van der Waals surface area (Å²) in [4.78, 5) is 29.9. The lowest BCUT2D eigenvalue weighted by atomic mass is 10.0. The lowest BCUT2D eigenvalue weighted by Crippen LogP contribution is -2.55. The zero-order valence-electron chi connectivity index (χ0n) is 25.3. The number of carbonyl (C=O) groups excluding carboxylic acids is 2. The van der Waals surface area contributed by atoms with E-state index >= 15 is 0 Å². The van der Waals surface area contributed by atoms with Gasteiger partial charge in [0, 0.05) is 38.1 Å². The average molecular weight is 625 g/mol. The van der Waals surface area contributed by atoms with Crippen LogP contribution in [0.25, 0.3) is 0 Å². The molecule has 0 aromatic heterocycles. The topological polar surface area (TPSA) is 90.0 Å². The molecule has 1 saturated carbocycles. The Morgan fingerprint density at radius 3 is 2.21 bits per heavy atom. The molecule has 1 atom stereocenters. The predicted octanol–water partition coefficient (Wildman–Crippen LogP) is 5.27. The molecule has 0 spiro atoms. The van der Waals surface area contributed by atoms with Gasteiger partial charge < -0.3 is 10.2 Å². The third-order valence-electron chi connectivity index (χ3n) is 7.89. The van der Waals surface area contributed by atoms with Crippen molar-refractivity contribution in [3.63, 3.8) is 0 Å². The molecule has 1 fully saturated rings. The van der Waals surface area contributed by atoms with Crippen LogP contribution in [-0.4, -0.2) is 62.2 Å². The molecule has 10 heteroatoms. The molecule has 0 unspecified atom stereocenters. The summed E-state index contributed by atoms with van der Waals surface area (Å²) in [5.41, 5.74) is 3.67. The molecule has 230 valence electrons. The second-order valence-electron chi connectivity index (χ2n) is 11.4. The normalized spacial score (nSPS) is 14.5. The average Bonchev–Trinajstić information content (AvgIpc) is 3.49. The van der Waals surface area contributed by atoms with Gasteiger partial charge in [0.2, 0.25) is 11.8 Å². The number of rotatable bonds is 12. The van der Waals surface area contributed by atoms with E-state index in [1.54, 1.807) is 18.2 Å². The maximum Gasteiger partial charge on any atom is 0.304 e. The molecule has 8 nitrogen and oxygen atoms in total. The monoisotopic (exact) mass is 624 g/mol. The number of benzene rings is 3. The molecular weight excluding hydrogens is 584 g/mol. The summed E-state index contributed by atoms with van der Waals surface area (Å²) in [5.74, 6) is -0.726. The molecule has 0 bridgehead atoms. The first-order valence-corrected chi connectivity index (χ1v) is 16.4. The smallest absolute Gasteiger partial charge is 0.304 e. The van der Waals surface area contributed by atoms with Gasteiger partial charge in [-0.05, 0) is 67.1 Å². The Balaban J connectivity index is 1.77. The highest BCUT2D eigenvalue weighted by Crippen LogP contribution is 2.27. The molecule has 3 aromatic rings. The number of hydrogen-bond acceptors (Lipinski definition) is 4. The number of nitrogens with zero attached hydrogens (tertiary/aromatic N) is 3. The van der Waals surface area contributed by atoms with Crippen molar-refractivity contribution in [3.05, 3.63) is 100 Å². The first-order chi connectivity index (χ1) is 20.5. The second kappa shape index (κ2) is 14.4. The van der Waals surface area contributed by atoms with Crippen molar-refractivity contribution in [2.24, 2.45) is 0 Å². The Hall–Kier alpha value is -3.40. The molecular formula is C33H41ClN4O4S. The van der Waals surface area contributed by atoms with Gasteiger partial charge in [-0.15, -0.1) is 0 Å². The molecule has 1 aliphatic carbocycles. The molecule has 2 amide bonds.